The molecule has 1 aromatic carbocycles. The lowest BCUT2D eigenvalue weighted by atomic mass is 9.71. The average Bonchev–Trinajstić information content (AvgIpc) is 2.93. The van der Waals surface area contributed by atoms with Gasteiger partial charge in [-0.25, -0.2) is 9.98 Å². The number of rotatable bonds is 6. The Bertz CT molecular complexity index is 1310. The van der Waals surface area contributed by atoms with Gasteiger partial charge in [-0.05, 0) is 62.8 Å². The van der Waals surface area contributed by atoms with Crippen molar-refractivity contribution in [2.45, 2.75) is 72.1 Å². The van der Waals surface area contributed by atoms with Gasteiger partial charge in [0.15, 0.2) is 5.96 Å². The summed E-state index contributed by atoms with van der Waals surface area (Å²) in [5, 5.41) is 7.87. The maximum Gasteiger partial charge on any atom is 0.261 e. The summed E-state index contributed by atoms with van der Waals surface area (Å²) in [5.41, 5.74) is 2.02. The molecule has 0 spiro atoms. The SMILES string of the molecule is C=CCn1c(CN2CCN(C)CC2)nc2cc(NC(=NC3CCC(C)(C)C[C@@H]3C)N3CCN[C@@H](C)C3)ccc2c1=O. The number of aromatic nitrogens is 2. The zero-order valence-electron chi connectivity index (χ0n) is 25.8. The molecule has 2 aliphatic heterocycles. The molecule has 3 atom stereocenters. The third kappa shape index (κ3) is 7.19. The predicted molar refractivity (Wildman–Crippen MR) is 170 cm³/mol. The van der Waals surface area contributed by atoms with Crippen LogP contribution in [-0.2, 0) is 13.1 Å². The standard InChI is InChI=1S/C32H50N8O/c1-7-13-40-29(22-38-17-15-37(6)16-18-38)35-28-19-25(8-9-26(28)30(40)41)34-31(39-14-12-33-24(3)21-39)36-27-10-11-32(4,5)20-23(27)2/h7-9,19,23-24,27,33H,1,10-18,20-22H2,2-6H3,(H,34,36)/t23-,24-,27?/m0/s1. The number of allylic oxidation sites excluding steroid dienone is 1. The second-order valence-electron chi connectivity index (χ2n) is 13.4. The molecule has 2 aromatic rings. The van der Waals surface area contributed by atoms with Crippen LogP contribution in [0.15, 0.2) is 40.6 Å². The van der Waals surface area contributed by atoms with Crippen LogP contribution >= 0.6 is 0 Å². The second-order valence-corrected chi connectivity index (χ2v) is 13.4. The van der Waals surface area contributed by atoms with Gasteiger partial charge < -0.3 is 20.4 Å². The van der Waals surface area contributed by atoms with E-state index in [4.69, 9.17) is 9.98 Å². The fourth-order valence-electron chi connectivity index (χ4n) is 6.72. The van der Waals surface area contributed by atoms with Crippen molar-refractivity contribution in [1.29, 1.82) is 0 Å². The summed E-state index contributed by atoms with van der Waals surface area (Å²) < 4.78 is 1.78. The summed E-state index contributed by atoms with van der Waals surface area (Å²) >= 11 is 0. The van der Waals surface area contributed by atoms with Crippen molar-refractivity contribution >= 4 is 22.5 Å². The van der Waals surface area contributed by atoms with Crippen molar-refractivity contribution in [1.82, 2.24) is 29.6 Å². The molecule has 9 heteroatoms. The largest absolute Gasteiger partial charge is 0.340 e. The van der Waals surface area contributed by atoms with E-state index in [1.807, 2.05) is 18.2 Å². The van der Waals surface area contributed by atoms with Gasteiger partial charge in [0.1, 0.15) is 5.82 Å². The van der Waals surface area contributed by atoms with Crippen molar-refractivity contribution in [2.24, 2.45) is 16.3 Å². The summed E-state index contributed by atoms with van der Waals surface area (Å²) in [6, 6.07) is 6.64. The summed E-state index contributed by atoms with van der Waals surface area (Å²) in [5.74, 6) is 2.27. The first-order valence-electron chi connectivity index (χ1n) is 15.5. The van der Waals surface area contributed by atoms with Crippen LogP contribution in [0, 0.1) is 11.3 Å². The monoisotopic (exact) mass is 562 g/mol. The minimum atomic E-state index is -0.00552. The van der Waals surface area contributed by atoms with E-state index < -0.39 is 0 Å². The predicted octanol–water partition coefficient (Wildman–Crippen LogP) is 3.61. The first-order chi connectivity index (χ1) is 19.6. The normalized spacial score (nSPS) is 26.3. The zero-order valence-corrected chi connectivity index (χ0v) is 25.8. The Morgan fingerprint density at radius 1 is 1.22 bits per heavy atom. The second kappa shape index (κ2) is 12.6. The molecule has 1 aromatic heterocycles. The van der Waals surface area contributed by atoms with Crippen LogP contribution in [0.25, 0.3) is 10.9 Å². The maximum absolute atomic E-state index is 13.6. The van der Waals surface area contributed by atoms with Gasteiger partial charge in [-0.2, -0.15) is 0 Å². The number of hydrogen-bond acceptors (Lipinski definition) is 6. The van der Waals surface area contributed by atoms with Crippen molar-refractivity contribution in [2.75, 3.05) is 58.2 Å². The molecular formula is C32H50N8O. The van der Waals surface area contributed by atoms with Gasteiger partial charge in [-0.3, -0.25) is 14.3 Å². The van der Waals surface area contributed by atoms with E-state index >= 15 is 0 Å². The van der Waals surface area contributed by atoms with Crippen LogP contribution in [0.5, 0.6) is 0 Å². The first-order valence-corrected chi connectivity index (χ1v) is 15.5. The highest BCUT2D eigenvalue weighted by Gasteiger charge is 2.33. The van der Waals surface area contributed by atoms with Crippen LogP contribution in [0.1, 0.15) is 52.8 Å². The minimum Gasteiger partial charge on any atom is -0.340 e. The highest BCUT2D eigenvalue weighted by atomic mass is 16.1. The number of nitrogens with zero attached hydrogens (tertiary/aromatic N) is 6. The van der Waals surface area contributed by atoms with E-state index in [2.05, 4.69) is 66.7 Å². The first kappa shape index (κ1) is 29.7. The molecule has 2 N–H and O–H groups in total. The number of piperazine rings is 2. The molecule has 3 fully saturated rings. The van der Waals surface area contributed by atoms with Gasteiger partial charge in [0.25, 0.3) is 5.56 Å². The van der Waals surface area contributed by atoms with Gasteiger partial charge >= 0.3 is 0 Å². The molecule has 5 rings (SSSR count). The summed E-state index contributed by atoms with van der Waals surface area (Å²) in [4.78, 5) is 31.1. The molecule has 0 amide bonds. The molecule has 3 aliphatic rings. The Hall–Kier alpha value is -2.75. The number of fused-ring (bicyclic) bond motifs is 1. The number of guanidine groups is 1. The Kier molecular flexibility index (Phi) is 9.16. The smallest absolute Gasteiger partial charge is 0.261 e. The Labute approximate surface area is 245 Å². The summed E-state index contributed by atoms with van der Waals surface area (Å²) in [7, 11) is 2.15. The molecule has 224 valence electrons. The molecule has 9 nitrogen and oxygen atoms in total. The third-order valence-electron chi connectivity index (χ3n) is 9.17. The highest BCUT2D eigenvalue weighted by molar-refractivity contribution is 5.96. The zero-order chi connectivity index (χ0) is 29.1. The number of aliphatic imine (C=N–C) groups is 1. The van der Waals surface area contributed by atoms with Crippen LogP contribution < -0.4 is 16.2 Å². The van der Waals surface area contributed by atoms with E-state index in [1.165, 1.54) is 12.8 Å². The van der Waals surface area contributed by atoms with Crippen LogP contribution in [-0.4, -0.2) is 95.2 Å². The lowest BCUT2D eigenvalue weighted by Crippen LogP contribution is -2.53. The number of anilines is 1. The van der Waals surface area contributed by atoms with Crippen LogP contribution in [0.2, 0.25) is 0 Å². The van der Waals surface area contributed by atoms with E-state index in [-0.39, 0.29) is 5.56 Å². The van der Waals surface area contributed by atoms with E-state index in [0.717, 1.165) is 75.2 Å². The molecule has 0 radical (unpaired) electrons. The van der Waals surface area contributed by atoms with Crippen LogP contribution in [0.4, 0.5) is 5.69 Å². The van der Waals surface area contributed by atoms with Gasteiger partial charge in [0, 0.05) is 64.1 Å². The Morgan fingerprint density at radius 2 is 2.00 bits per heavy atom. The van der Waals surface area contributed by atoms with E-state index in [0.29, 0.717) is 41.9 Å². The van der Waals surface area contributed by atoms with Gasteiger partial charge in [0.2, 0.25) is 0 Å². The lowest BCUT2D eigenvalue weighted by molar-refractivity contribution is 0.144. The highest BCUT2D eigenvalue weighted by Crippen LogP contribution is 2.40. The number of nitrogens with one attached hydrogen (secondary N) is 2. The van der Waals surface area contributed by atoms with Crippen molar-refractivity contribution in [3.05, 3.63) is 47.0 Å². The van der Waals surface area contributed by atoms with Gasteiger partial charge in [0.05, 0.1) is 23.5 Å². The van der Waals surface area contributed by atoms with Gasteiger partial charge in [-0.15, -0.1) is 6.58 Å². The van der Waals surface area contributed by atoms with E-state index in [1.54, 1.807) is 10.6 Å². The van der Waals surface area contributed by atoms with Crippen molar-refractivity contribution < 1.29 is 0 Å². The Morgan fingerprint density at radius 3 is 2.71 bits per heavy atom. The number of benzene rings is 1. The van der Waals surface area contributed by atoms with Crippen molar-refractivity contribution in [3.8, 4) is 0 Å². The lowest BCUT2D eigenvalue weighted by Gasteiger charge is -2.39. The molecule has 0 bridgehead atoms. The minimum absolute atomic E-state index is 0.00552. The van der Waals surface area contributed by atoms with E-state index in [9.17, 15) is 4.79 Å². The van der Waals surface area contributed by atoms with Crippen LogP contribution in [0.3, 0.4) is 0 Å². The number of hydrogen-bond donors (Lipinski definition) is 2. The summed E-state index contributed by atoms with van der Waals surface area (Å²) in [6.07, 6.45) is 5.28. The fourth-order valence-corrected chi connectivity index (χ4v) is 6.72. The number of likely N-dealkylation sites (N-methyl/N-ethyl adjacent to an activating group) is 1. The van der Waals surface area contributed by atoms with Gasteiger partial charge in [-0.1, -0.05) is 26.8 Å². The topological polar surface area (TPSA) is 81.0 Å². The molecule has 1 saturated carbocycles. The molecule has 1 aliphatic carbocycles. The molecule has 3 heterocycles. The van der Waals surface area contributed by atoms with Crippen molar-refractivity contribution in [3.63, 3.8) is 0 Å². The Balaban J connectivity index is 1.46. The third-order valence-corrected chi connectivity index (χ3v) is 9.17. The molecule has 2 saturated heterocycles. The average molecular weight is 563 g/mol. The molecule has 1 unspecified atom stereocenters. The molecular weight excluding hydrogens is 512 g/mol. The summed E-state index contributed by atoms with van der Waals surface area (Å²) in [6.45, 7) is 21.1. The molecule has 41 heavy (non-hydrogen) atoms. The quantitative estimate of drug-likeness (QED) is 0.316. The maximum atomic E-state index is 13.6. The fraction of sp³-hybridized carbons (Fsp3) is 0.656.